The van der Waals surface area contributed by atoms with Crippen molar-refractivity contribution in [3.8, 4) is 5.75 Å². The van der Waals surface area contributed by atoms with Gasteiger partial charge in [0.1, 0.15) is 5.75 Å². The molecule has 0 saturated carbocycles. The van der Waals surface area contributed by atoms with Crippen LogP contribution in [0.3, 0.4) is 0 Å². The third-order valence-electron chi connectivity index (χ3n) is 3.39. The van der Waals surface area contributed by atoms with E-state index in [-0.39, 0.29) is 11.0 Å². The first-order chi connectivity index (χ1) is 11.9. The van der Waals surface area contributed by atoms with Gasteiger partial charge in [0, 0.05) is 15.7 Å². The van der Waals surface area contributed by atoms with Gasteiger partial charge in [-0.3, -0.25) is 10.1 Å². The van der Waals surface area contributed by atoms with E-state index in [1.807, 2.05) is 30.3 Å². The first-order valence-electron chi connectivity index (χ1n) is 8.05. The van der Waals surface area contributed by atoms with Crippen molar-refractivity contribution in [3.63, 3.8) is 0 Å². The molecule has 0 aliphatic rings. The molecule has 25 heavy (non-hydrogen) atoms. The van der Waals surface area contributed by atoms with Crippen LogP contribution >= 0.6 is 28.1 Å². The van der Waals surface area contributed by atoms with Gasteiger partial charge in [0.25, 0.3) is 5.91 Å². The molecule has 0 spiro atoms. The predicted molar refractivity (Wildman–Crippen MR) is 109 cm³/mol. The third-order valence-corrected chi connectivity index (χ3v) is 4.09. The van der Waals surface area contributed by atoms with E-state index in [9.17, 15) is 4.79 Å². The maximum atomic E-state index is 12.1. The standard InChI is InChI=1S/C19H21BrN2O2S/c1-13(2)10-11-24-17-8-6-16(7-9-17)21-19(25)22-18(23)14-4-3-5-15(20)12-14/h3-9,12-13H,10-11H2,1-2H3,(H2,21,22,23,25). The Labute approximate surface area is 162 Å². The van der Waals surface area contributed by atoms with Gasteiger partial charge in [-0.1, -0.05) is 35.8 Å². The number of rotatable bonds is 6. The van der Waals surface area contributed by atoms with Crippen molar-refractivity contribution < 1.29 is 9.53 Å². The summed E-state index contributed by atoms with van der Waals surface area (Å²) in [7, 11) is 0. The maximum absolute atomic E-state index is 12.1. The summed E-state index contributed by atoms with van der Waals surface area (Å²) in [5.41, 5.74) is 1.32. The van der Waals surface area contributed by atoms with Crippen LogP contribution in [0.25, 0.3) is 0 Å². The summed E-state index contributed by atoms with van der Waals surface area (Å²) in [4.78, 5) is 12.1. The summed E-state index contributed by atoms with van der Waals surface area (Å²) < 4.78 is 6.52. The number of hydrogen-bond donors (Lipinski definition) is 2. The van der Waals surface area contributed by atoms with Crippen LogP contribution < -0.4 is 15.4 Å². The van der Waals surface area contributed by atoms with Crippen LogP contribution in [0.1, 0.15) is 30.6 Å². The average molecular weight is 421 g/mol. The Bertz CT molecular complexity index is 732. The molecule has 2 aromatic rings. The Morgan fingerprint density at radius 3 is 2.56 bits per heavy atom. The fourth-order valence-corrected chi connectivity index (χ4v) is 2.62. The molecule has 0 aromatic heterocycles. The van der Waals surface area contributed by atoms with Crippen molar-refractivity contribution in [2.75, 3.05) is 11.9 Å². The van der Waals surface area contributed by atoms with Crippen molar-refractivity contribution in [1.82, 2.24) is 5.32 Å². The van der Waals surface area contributed by atoms with Gasteiger partial charge in [-0.25, -0.2) is 0 Å². The van der Waals surface area contributed by atoms with Gasteiger partial charge in [0.2, 0.25) is 0 Å². The van der Waals surface area contributed by atoms with Gasteiger partial charge < -0.3 is 10.1 Å². The molecule has 2 N–H and O–H groups in total. The lowest BCUT2D eigenvalue weighted by Gasteiger charge is -2.11. The second-order valence-electron chi connectivity index (χ2n) is 5.97. The molecule has 0 atom stereocenters. The van der Waals surface area contributed by atoms with Crippen LogP contribution in [0.5, 0.6) is 5.75 Å². The molecule has 2 aromatic carbocycles. The summed E-state index contributed by atoms with van der Waals surface area (Å²) in [5.74, 6) is 1.18. The van der Waals surface area contributed by atoms with Crippen molar-refractivity contribution in [2.45, 2.75) is 20.3 Å². The van der Waals surface area contributed by atoms with Crippen molar-refractivity contribution in [1.29, 1.82) is 0 Å². The van der Waals surface area contributed by atoms with Gasteiger partial charge in [0.05, 0.1) is 6.61 Å². The van der Waals surface area contributed by atoms with Crippen LogP contribution in [0.15, 0.2) is 53.0 Å². The lowest BCUT2D eigenvalue weighted by molar-refractivity contribution is 0.0977. The molecule has 0 aliphatic carbocycles. The monoisotopic (exact) mass is 420 g/mol. The van der Waals surface area contributed by atoms with Crippen molar-refractivity contribution in [2.24, 2.45) is 5.92 Å². The van der Waals surface area contributed by atoms with E-state index in [0.29, 0.717) is 18.1 Å². The molecule has 0 saturated heterocycles. The highest BCUT2D eigenvalue weighted by Gasteiger charge is 2.08. The van der Waals surface area contributed by atoms with Crippen molar-refractivity contribution in [3.05, 3.63) is 58.6 Å². The van der Waals surface area contributed by atoms with Gasteiger partial charge in [0.15, 0.2) is 5.11 Å². The van der Waals surface area contributed by atoms with Crippen molar-refractivity contribution >= 4 is 44.9 Å². The molecule has 4 nitrogen and oxygen atoms in total. The molecule has 0 radical (unpaired) electrons. The molecule has 0 fully saturated rings. The Morgan fingerprint density at radius 2 is 1.92 bits per heavy atom. The number of benzene rings is 2. The van der Waals surface area contributed by atoms with Gasteiger partial charge in [-0.15, -0.1) is 0 Å². The SMILES string of the molecule is CC(C)CCOc1ccc(NC(=S)NC(=O)c2cccc(Br)c2)cc1. The highest BCUT2D eigenvalue weighted by molar-refractivity contribution is 9.10. The van der Waals surface area contributed by atoms with Crippen LogP contribution in [0, 0.1) is 5.92 Å². The molecular formula is C19H21BrN2O2S. The smallest absolute Gasteiger partial charge is 0.257 e. The van der Waals surface area contributed by atoms with Crippen LogP contribution in [-0.4, -0.2) is 17.6 Å². The van der Waals surface area contributed by atoms with E-state index in [4.69, 9.17) is 17.0 Å². The number of halogens is 1. The Morgan fingerprint density at radius 1 is 1.20 bits per heavy atom. The topological polar surface area (TPSA) is 50.4 Å². The number of ether oxygens (including phenoxy) is 1. The summed E-state index contributed by atoms with van der Waals surface area (Å²) in [6, 6.07) is 14.6. The Kier molecular flexibility index (Phi) is 7.40. The van der Waals surface area contributed by atoms with E-state index in [1.165, 1.54) is 0 Å². The highest BCUT2D eigenvalue weighted by Crippen LogP contribution is 2.16. The largest absolute Gasteiger partial charge is 0.494 e. The van der Waals surface area contributed by atoms with E-state index >= 15 is 0 Å². The van der Waals surface area contributed by atoms with Crippen LogP contribution in [0.2, 0.25) is 0 Å². The van der Waals surface area contributed by atoms with Gasteiger partial charge >= 0.3 is 0 Å². The maximum Gasteiger partial charge on any atom is 0.257 e. The number of hydrogen-bond acceptors (Lipinski definition) is 3. The zero-order valence-corrected chi connectivity index (χ0v) is 16.6. The zero-order chi connectivity index (χ0) is 18.2. The van der Waals surface area contributed by atoms with Crippen LogP contribution in [-0.2, 0) is 0 Å². The lowest BCUT2D eigenvalue weighted by Crippen LogP contribution is -2.34. The molecule has 6 heteroatoms. The molecule has 0 aliphatic heterocycles. The fourth-order valence-electron chi connectivity index (χ4n) is 2.01. The second-order valence-corrected chi connectivity index (χ2v) is 7.30. The average Bonchev–Trinajstić information content (AvgIpc) is 2.56. The first-order valence-corrected chi connectivity index (χ1v) is 9.25. The summed E-state index contributed by atoms with van der Waals surface area (Å²) in [6.45, 7) is 5.03. The Balaban J connectivity index is 1.85. The molecule has 0 unspecified atom stereocenters. The quantitative estimate of drug-likeness (QED) is 0.645. The second kappa shape index (κ2) is 9.53. The molecule has 132 valence electrons. The minimum absolute atomic E-state index is 0.249. The third kappa shape index (κ3) is 6.84. The minimum Gasteiger partial charge on any atom is -0.494 e. The summed E-state index contributed by atoms with van der Waals surface area (Å²) >= 11 is 8.53. The number of amides is 1. The molecule has 1 amide bonds. The molecule has 2 rings (SSSR count). The Hall–Kier alpha value is -1.92. The molecular weight excluding hydrogens is 400 g/mol. The summed E-state index contributed by atoms with van der Waals surface area (Å²) in [5, 5.41) is 5.90. The number of carbonyl (C=O) groups is 1. The number of thiocarbonyl (C=S) groups is 1. The molecule has 0 bridgehead atoms. The predicted octanol–water partition coefficient (Wildman–Crippen LogP) is 5.00. The lowest BCUT2D eigenvalue weighted by atomic mass is 10.1. The minimum atomic E-state index is -0.257. The normalized spacial score (nSPS) is 10.4. The summed E-state index contributed by atoms with van der Waals surface area (Å²) in [6.07, 6.45) is 1.02. The van der Waals surface area contributed by atoms with Crippen LogP contribution in [0.4, 0.5) is 5.69 Å². The number of anilines is 1. The zero-order valence-electron chi connectivity index (χ0n) is 14.2. The van der Waals surface area contributed by atoms with Gasteiger partial charge in [-0.05, 0) is 67.0 Å². The molecule has 0 heterocycles. The van der Waals surface area contributed by atoms with E-state index in [1.54, 1.807) is 18.2 Å². The van der Waals surface area contributed by atoms with Gasteiger partial charge in [-0.2, -0.15) is 0 Å². The fraction of sp³-hybridized carbons (Fsp3) is 0.263. The number of nitrogens with one attached hydrogen (secondary N) is 2. The first kappa shape index (κ1) is 19.4. The van der Waals surface area contributed by atoms with E-state index in [0.717, 1.165) is 22.3 Å². The van der Waals surface area contributed by atoms with E-state index in [2.05, 4.69) is 40.4 Å². The highest BCUT2D eigenvalue weighted by atomic mass is 79.9. The number of carbonyl (C=O) groups excluding carboxylic acids is 1. The van der Waals surface area contributed by atoms with E-state index < -0.39 is 0 Å².